The van der Waals surface area contributed by atoms with Crippen LogP contribution >= 0.6 is 11.5 Å². The van der Waals surface area contributed by atoms with Crippen molar-refractivity contribution < 1.29 is 4.79 Å². The van der Waals surface area contributed by atoms with Crippen LogP contribution in [0.2, 0.25) is 0 Å². The third-order valence-corrected chi connectivity index (χ3v) is 5.60. The number of nitrogens with one attached hydrogen (secondary N) is 2. The van der Waals surface area contributed by atoms with Gasteiger partial charge < -0.3 is 20.4 Å². The molecule has 1 saturated heterocycles. The summed E-state index contributed by atoms with van der Waals surface area (Å²) in [6, 6.07) is 7.60. The van der Waals surface area contributed by atoms with Crippen LogP contribution in [0.4, 0.5) is 5.13 Å². The molecule has 0 spiro atoms. The molecule has 1 aliphatic heterocycles. The van der Waals surface area contributed by atoms with E-state index in [1.54, 1.807) is 7.05 Å². The number of aliphatic imine (C=N–C) groups is 1. The van der Waals surface area contributed by atoms with Crippen molar-refractivity contribution in [2.75, 3.05) is 44.7 Å². The van der Waals surface area contributed by atoms with Crippen LogP contribution in [-0.4, -0.2) is 65.9 Å². The standard InChI is InChI=1S/C20H29N7OS/c1-4-17-24-20(29-25-17)27-11-9-26(10-12-27)19(22-5-2)23-14-15-7-6-8-16(13-15)18(28)21-3/h6-8,13H,4-5,9-12,14H2,1-3H3,(H,21,28)(H,22,23). The number of anilines is 1. The van der Waals surface area contributed by atoms with E-state index in [0.717, 1.165) is 61.6 Å². The van der Waals surface area contributed by atoms with Crippen LogP contribution in [0, 0.1) is 0 Å². The van der Waals surface area contributed by atoms with Crippen LogP contribution in [0.5, 0.6) is 0 Å². The number of carbonyl (C=O) groups is 1. The van der Waals surface area contributed by atoms with Gasteiger partial charge in [0.25, 0.3) is 5.91 Å². The van der Waals surface area contributed by atoms with Crippen molar-refractivity contribution in [3.05, 3.63) is 41.2 Å². The number of piperazine rings is 1. The Bertz CT molecular complexity index is 843. The lowest BCUT2D eigenvalue weighted by atomic mass is 10.1. The Morgan fingerprint density at radius 2 is 2.03 bits per heavy atom. The number of hydrogen-bond donors (Lipinski definition) is 2. The van der Waals surface area contributed by atoms with Gasteiger partial charge in [0, 0.05) is 63.3 Å². The molecule has 29 heavy (non-hydrogen) atoms. The monoisotopic (exact) mass is 415 g/mol. The van der Waals surface area contributed by atoms with Gasteiger partial charge in [-0.15, -0.1) is 0 Å². The molecule has 8 nitrogen and oxygen atoms in total. The van der Waals surface area contributed by atoms with Crippen molar-refractivity contribution >= 4 is 28.5 Å². The maximum atomic E-state index is 11.8. The lowest BCUT2D eigenvalue weighted by Gasteiger charge is -2.36. The number of nitrogens with zero attached hydrogens (tertiary/aromatic N) is 5. The van der Waals surface area contributed by atoms with Crippen molar-refractivity contribution in [3.8, 4) is 0 Å². The second-order valence-corrected chi connectivity index (χ2v) is 7.50. The van der Waals surface area contributed by atoms with E-state index in [0.29, 0.717) is 12.1 Å². The summed E-state index contributed by atoms with van der Waals surface area (Å²) in [5.41, 5.74) is 1.67. The molecule has 1 aliphatic rings. The number of aromatic nitrogens is 2. The Balaban J connectivity index is 1.63. The van der Waals surface area contributed by atoms with E-state index >= 15 is 0 Å². The second-order valence-electron chi connectivity index (χ2n) is 6.77. The molecular weight excluding hydrogens is 386 g/mol. The van der Waals surface area contributed by atoms with E-state index in [1.807, 2.05) is 24.3 Å². The van der Waals surface area contributed by atoms with E-state index in [1.165, 1.54) is 11.5 Å². The normalized spacial score (nSPS) is 14.8. The van der Waals surface area contributed by atoms with E-state index in [-0.39, 0.29) is 5.91 Å². The molecule has 1 aromatic carbocycles. The summed E-state index contributed by atoms with van der Waals surface area (Å²) in [4.78, 5) is 25.8. The molecule has 2 heterocycles. The summed E-state index contributed by atoms with van der Waals surface area (Å²) in [6.07, 6.45) is 0.870. The molecule has 2 aromatic rings. The van der Waals surface area contributed by atoms with Crippen LogP contribution in [-0.2, 0) is 13.0 Å². The van der Waals surface area contributed by atoms with Gasteiger partial charge in [-0.05, 0) is 24.6 Å². The first-order chi connectivity index (χ1) is 14.1. The molecule has 0 atom stereocenters. The van der Waals surface area contributed by atoms with Gasteiger partial charge in [-0.2, -0.15) is 4.37 Å². The number of rotatable bonds is 6. The molecule has 9 heteroatoms. The molecule has 2 N–H and O–H groups in total. The van der Waals surface area contributed by atoms with Gasteiger partial charge >= 0.3 is 0 Å². The minimum Gasteiger partial charge on any atom is -0.357 e. The summed E-state index contributed by atoms with van der Waals surface area (Å²) < 4.78 is 4.39. The van der Waals surface area contributed by atoms with Crippen LogP contribution < -0.4 is 15.5 Å². The van der Waals surface area contributed by atoms with Gasteiger partial charge in [0.1, 0.15) is 5.82 Å². The highest BCUT2D eigenvalue weighted by atomic mass is 32.1. The van der Waals surface area contributed by atoms with E-state index < -0.39 is 0 Å². The SMILES string of the molecule is CCNC(=NCc1cccc(C(=O)NC)c1)N1CCN(c2nc(CC)ns2)CC1. The van der Waals surface area contributed by atoms with Crippen molar-refractivity contribution in [1.82, 2.24) is 24.9 Å². The lowest BCUT2D eigenvalue weighted by Crippen LogP contribution is -2.52. The zero-order valence-electron chi connectivity index (χ0n) is 17.3. The van der Waals surface area contributed by atoms with Crippen molar-refractivity contribution in [2.45, 2.75) is 26.8 Å². The average Bonchev–Trinajstić information content (AvgIpc) is 3.26. The van der Waals surface area contributed by atoms with E-state index in [2.05, 4.69) is 43.6 Å². The van der Waals surface area contributed by atoms with E-state index in [9.17, 15) is 4.79 Å². The van der Waals surface area contributed by atoms with Crippen LogP contribution in [0.25, 0.3) is 0 Å². The summed E-state index contributed by atoms with van der Waals surface area (Å²) in [5.74, 6) is 1.74. The largest absolute Gasteiger partial charge is 0.357 e. The summed E-state index contributed by atoms with van der Waals surface area (Å²) in [5, 5.41) is 7.06. The molecule has 0 aliphatic carbocycles. The molecule has 3 rings (SSSR count). The lowest BCUT2D eigenvalue weighted by molar-refractivity contribution is 0.0963. The quantitative estimate of drug-likeness (QED) is 0.552. The fourth-order valence-electron chi connectivity index (χ4n) is 3.17. The summed E-state index contributed by atoms with van der Waals surface area (Å²) in [6.45, 7) is 9.05. The minimum atomic E-state index is -0.0817. The van der Waals surface area contributed by atoms with Crippen molar-refractivity contribution in [1.29, 1.82) is 0 Å². The van der Waals surface area contributed by atoms with E-state index in [4.69, 9.17) is 4.99 Å². The van der Waals surface area contributed by atoms with Gasteiger partial charge in [0.15, 0.2) is 5.96 Å². The van der Waals surface area contributed by atoms with Gasteiger partial charge in [0.05, 0.1) is 6.54 Å². The van der Waals surface area contributed by atoms with Crippen molar-refractivity contribution in [2.24, 2.45) is 4.99 Å². The molecular formula is C20H29N7OS. The molecule has 0 saturated carbocycles. The number of amides is 1. The van der Waals surface area contributed by atoms with Crippen molar-refractivity contribution in [3.63, 3.8) is 0 Å². The Labute approximate surface area is 176 Å². The van der Waals surface area contributed by atoms with Crippen LogP contribution in [0.3, 0.4) is 0 Å². The molecule has 0 bridgehead atoms. The number of guanidine groups is 1. The zero-order chi connectivity index (χ0) is 20.6. The highest BCUT2D eigenvalue weighted by Crippen LogP contribution is 2.19. The third-order valence-electron chi connectivity index (χ3n) is 4.79. The van der Waals surface area contributed by atoms with Crippen LogP contribution in [0.15, 0.2) is 29.3 Å². The predicted molar refractivity (Wildman–Crippen MR) is 118 cm³/mol. The van der Waals surface area contributed by atoms with Gasteiger partial charge in [0.2, 0.25) is 5.13 Å². The number of benzene rings is 1. The van der Waals surface area contributed by atoms with Gasteiger partial charge in [-0.1, -0.05) is 19.1 Å². The van der Waals surface area contributed by atoms with Crippen LogP contribution in [0.1, 0.15) is 35.6 Å². The zero-order valence-corrected chi connectivity index (χ0v) is 18.1. The smallest absolute Gasteiger partial charge is 0.251 e. The Morgan fingerprint density at radius 1 is 1.24 bits per heavy atom. The number of aryl methyl sites for hydroxylation is 1. The van der Waals surface area contributed by atoms with Gasteiger partial charge in [-0.25, -0.2) is 9.98 Å². The number of carbonyl (C=O) groups excluding carboxylic acids is 1. The first-order valence-electron chi connectivity index (χ1n) is 10.1. The molecule has 1 aromatic heterocycles. The second kappa shape index (κ2) is 10.2. The fraction of sp³-hybridized carbons (Fsp3) is 0.500. The topological polar surface area (TPSA) is 85.8 Å². The maximum absolute atomic E-state index is 11.8. The molecule has 156 valence electrons. The fourth-order valence-corrected chi connectivity index (χ4v) is 3.97. The Hall–Kier alpha value is -2.68. The first kappa shape index (κ1) is 21.0. The maximum Gasteiger partial charge on any atom is 0.251 e. The molecule has 1 fully saturated rings. The highest BCUT2D eigenvalue weighted by Gasteiger charge is 2.22. The number of hydrogen-bond acceptors (Lipinski definition) is 6. The Morgan fingerprint density at radius 3 is 2.69 bits per heavy atom. The molecule has 0 radical (unpaired) electrons. The first-order valence-corrected chi connectivity index (χ1v) is 10.8. The predicted octanol–water partition coefficient (Wildman–Crippen LogP) is 1.75. The Kier molecular flexibility index (Phi) is 7.40. The minimum absolute atomic E-state index is 0.0817. The molecule has 1 amide bonds. The molecule has 0 unspecified atom stereocenters. The van der Waals surface area contributed by atoms with Gasteiger partial charge in [-0.3, -0.25) is 4.79 Å². The average molecular weight is 416 g/mol. The third kappa shape index (κ3) is 5.44. The summed E-state index contributed by atoms with van der Waals surface area (Å²) >= 11 is 1.48. The highest BCUT2D eigenvalue weighted by molar-refractivity contribution is 7.09. The summed E-state index contributed by atoms with van der Waals surface area (Å²) in [7, 11) is 1.64.